The Bertz CT molecular complexity index is 543. The van der Waals surface area contributed by atoms with Crippen LogP contribution in [0.1, 0.15) is 17.1 Å². The number of pyridine rings is 2. The third-order valence-corrected chi connectivity index (χ3v) is 2.92. The molecule has 0 aliphatic carbocycles. The number of aromatic nitrogens is 2. The van der Waals surface area contributed by atoms with E-state index in [4.69, 9.17) is 9.47 Å². The number of hydrogen-bond donors (Lipinski definition) is 1. The van der Waals surface area contributed by atoms with Crippen molar-refractivity contribution in [3.63, 3.8) is 0 Å². The minimum atomic E-state index is 0.453. The lowest BCUT2D eigenvalue weighted by Crippen LogP contribution is -2.19. The van der Waals surface area contributed by atoms with Crippen molar-refractivity contribution in [1.82, 2.24) is 15.3 Å². The fourth-order valence-electron chi connectivity index (χ4n) is 1.83. The van der Waals surface area contributed by atoms with E-state index in [-0.39, 0.29) is 0 Å². The molecule has 2 aromatic rings. The fourth-order valence-corrected chi connectivity index (χ4v) is 1.83. The molecule has 0 unspecified atom stereocenters. The number of nitrogens with zero attached hydrogens (tertiary/aromatic N) is 2. The van der Waals surface area contributed by atoms with Crippen LogP contribution >= 0.6 is 0 Å². The van der Waals surface area contributed by atoms with Gasteiger partial charge in [0.2, 0.25) is 0 Å². The zero-order chi connectivity index (χ0) is 14.9. The Morgan fingerprint density at radius 1 is 1.14 bits per heavy atom. The van der Waals surface area contributed by atoms with Crippen LogP contribution in [-0.4, -0.2) is 30.2 Å². The van der Waals surface area contributed by atoms with Gasteiger partial charge in [-0.15, -0.1) is 0 Å². The van der Waals surface area contributed by atoms with Gasteiger partial charge >= 0.3 is 0 Å². The van der Waals surface area contributed by atoms with E-state index in [1.54, 1.807) is 13.3 Å². The van der Waals surface area contributed by atoms with Gasteiger partial charge in [-0.3, -0.25) is 9.97 Å². The van der Waals surface area contributed by atoms with Gasteiger partial charge in [0.1, 0.15) is 12.4 Å². The van der Waals surface area contributed by atoms with Crippen LogP contribution in [0.25, 0.3) is 0 Å². The van der Waals surface area contributed by atoms with Crippen LogP contribution in [0.15, 0.2) is 36.5 Å². The van der Waals surface area contributed by atoms with Crippen molar-refractivity contribution in [2.24, 2.45) is 0 Å². The molecule has 0 spiro atoms. The summed E-state index contributed by atoms with van der Waals surface area (Å²) in [5.41, 5.74) is 2.89. The highest BCUT2D eigenvalue weighted by molar-refractivity contribution is 5.20. The molecule has 21 heavy (non-hydrogen) atoms. The Hall–Kier alpha value is -1.98. The van der Waals surface area contributed by atoms with Crippen molar-refractivity contribution >= 4 is 0 Å². The molecule has 5 nitrogen and oxygen atoms in total. The van der Waals surface area contributed by atoms with E-state index >= 15 is 0 Å². The lowest BCUT2D eigenvalue weighted by Gasteiger charge is -2.07. The second kappa shape index (κ2) is 8.34. The number of aryl methyl sites for hydroxylation is 1. The summed E-state index contributed by atoms with van der Waals surface area (Å²) in [4.78, 5) is 8.75. The third kappa shape index (κ3) is 5.49. The van der Waals surface area contributed by atoms with Gasteiger partial charge < -0.3 is 14.8 Å². The largest absolute Gasteiger partial charge is 0.486 e. The van der Waals surface area contributed by atoms with Gasteiger partial charge in [0.05, 0.1) is 24.2 Å². The minimum Gasteiger partial charge on any atom is -0.486 e. The molecule has 2 rings (SSSR count). The molecule has 0 aliphatic heterocycles. The number of methoxy groups -OCH3 is 1. The summed E-state index contributed by atoms with van der Waals surface area (Å²) in [5, 5.41) is 3.25. The first kappa shape index (κ1) is 15.4. The quantitative estimate of drug-likeness (QED) is 0.754. The van der Waals surface area contributed by atoms with E-state index in [2.05, 4.69) is 15.3 Å². The average Bonchev–Trinajstić information content (AvgIpc) is 2.51. The molecule has 5 heteroatoms. The van der Waals surface area contributed by atoms with Crippen molar-refractivity contribution < 1.29 is 9.47 Å². The highest BCUT2D eigenvalue weighted by Gasteiger charge is 1.99. The van der Waals surface area contributed by atoms with Gasteiger partial charge in [0.15, 0.2) is 0 Å². The average molecular weight is 287 g/mol. The minimum absolute atomic E-state index is 0.453. The van der Waals surface area contributed by atoms with Crippen LogP contribution in [0.3, 0.4) is 0 Å². The smallest absolute Gasteiger partial charge is 0.138 e. The lowest BCUT2D eigenvalue weighted by molar-refractivity contribution is 0.199. The van der Waals surface area contributed by atoms with Crippen molar-refractivity contribution in [3.8, 4) is 5.75 Å². The van der Waals surface area contributed by atoms with Gasteiger partial charge in [-0.1, -0.05) is 6.07 Å². The van der Waals surface area contributed by atoms with Crippen molar-refractivity contribution in [2.75, 3.05) is 20.3 Å². The van der Waals surface area contributed by atoms with Gasteiger partial charge in [0.25, 0.3) is 0 Å². The lowest BCUT2D eigenvalue weighted by atomic mass is 10.3. The van der Waals surface area contributed by atoms with Crippen LogP contribution in [0.2, 0.25) is 0 Å². The monoisotopic (exact) mass is 287 g/mol. The van der Waals surface area contributed by atoms with E-state index in [1.807, 2.05) is 37.3 Å². The molecule has 0 bridgehead atoms. The number of ether oxygens (including phenoxy) is 2. The topological polar surface area (TPSA) is 56.3 Å². The maximum absolute atomic E-state index is 5.68. The molecule has 0 amide bonds. The van der Waals surface area contributed by atoms with Crippen LogP contribution in [0.5, 0.6) is 5.75 Å². The highest BCUT2D eigenvalue weighted by atomic mass is 16.5. The molecule has 112 valence electrons. The predicted octanol–water partition coefficient (Wildman–Crippen LogP) is 2.10. The van der Waals surface area contributed by atoms with Crippen LogP contribution < -0.4 is 10.1 Å². The SMILES string of the molecule is COCCNCc1ccc(OCc2cccc(C)n2)cn1. The summed E-state index contributed by atoms with van der Waals surface area (Å²) < 4.78 is 10.7. The highest BCUT2D eigenvalue weighted by Crippen LogP contribution is 2.11. The molecule has 1 N–H and O–H groups in total. The Kier molecular flexibility index (Phi) is 6.12. The third-order valence-electron chi connectivity index (χ3n) is 2.92. The molecule has 0 aliphatic rings. The molecule has 0 atom stereocenters. The Morgan fingerprint density at radius 2 is 2.05 bits per heavy atom. The summed E-state index contributed by atoms with van der Waals surface area (Å²) in [5.74, 6) is 0.749. The standard InChI is InChI=1S/C16H21N3O2/c1-13-4-3-5-15(19-13)12-21-16-7-6-14(18-11-16)10-17-8-9-20-2/h3-7,11,17H,8-10,12H2,1-2H3. The molecule has 0 saturated carbocycles. The molecule has 2 aromatic heterocycles. The first-order chi connectivity index (χ1) is 10.3. The van der Waals surface area contributed by atoms with Gasteiger partial charge in [-0.2, -0.15) is 0 Å². The summed E-state index contributed by atoms with van der Waals surface area (Å²) in [6, 6.07) is 9.79. The maximum atomic E-state index is 5.68. The van der Waals surface area contributed by atoms with Crippen molar-refractivity contribution in [3.05, 3.63) is 53.6 Å². The van der Waals surface area contributed by atoms with Gasteiger partial charge in [-0.05, 0) is 31.2 Å². The first-order valence-electron chi connectivity index (χ1n) is 6.98. The van der Waals surface area contributed by atoms with Crippen LogP contribution in [-0.2, 0) is 17.9 Å². The molecule has 0 fully saturated rings. The van der Waals surface area contributed by atoms with E-state index in [9.17, 15) is 0 Å². The van der Waals surface area contributed by atoms with Crippen LogP contribution in [0.4, 0.5) is 0 Å². The Balaban J connectivity index is 1.79. The number of hydrogen-bond acceptors (Lipinski definition) is 5. The molecular weight excluding hydrogens is 266 g/mol. The maximum Gasteiger partial charge on any atom is 0.138 e. The summed E-state index contributed by atoms with van der Waals surface area (Å²) in [7, 11) is 1.69. The summed E-state index contributed by atoms with van der Waals surface area (Å²) in [6.07, 6.45) is 1.74. The van der Waals surface area contributed by atoms with E-state index in [0.717, 1.165) is 35.9 Å². The zero-order valence-electron chi connectivity index (χ0n) is 12.5. The number of rotatable bonds is 8. The predicted molar refractivity (Wildman–Crippen MR) is 81.1 cm³/mol. The normalized spacial score (nSPS) is 10.6. The second-order valence-electron chi connectivity index (χ2n) is 4.71. The van der Waals surface area contributed by atoms with Crippen molar-refractivity contribution in [1.29, 1.82) is 0 Å². The summed E-state index contributed by atoms with van der Waals surface area (Å²) >= 11 is 0. The summed E-state index contributed by atoms with van der Waals surface area (Å²) in [6.45, 7) is 4.66. The number of nitrogens with one attached hydrogen (secondary N) is 1. The van der Waals surface area contributed by atoms with Gasteiger partial charge in [-0.25, -0.2) is 0 Å². The Labute approximate surface area is 125 Å². The molecular formula is C16H21N3O2. The molecule has 2 heterocycles. The fraction of sp³-hybridized carbons (Fsp3) is 0.375. The van der Waals surface area contributed by atoms with Gasteiger partial charge in [0, 0.05) is 25.9 Å². The zero-order valence-corrected chi connectivity index (χ0v) is 12.5. The van der Waals surface area contributed by atoms with Crippen molar-refractivity contribution in [2.45, 2.75) is 20.1 Å². The molecule has 0 radical (unpaired) electrons. The molecule has 0 aromatic carbocycles. The second-order valence-corrected chi connectivity index (χ2v) is 4.71. The van der Waals surface area contributed by atoms with E-state index in [1.165, 1.54) is 0 Å². The van der Waals surface area contributed by atoms with E-state index < -0.39 is 0 Å². The first-order valence-corrected chi connectivity index (χ1v) is 6.98. The van der Waals surface area contributed by atoms with Crippen LogP contribution in [0, 0.1) is 6.92 Å². The Morgan fingerprint density at radius 3 is 2.76 bits per heavy atom. The molecule has 0 saturated heterocycles. The van der Waals surface area contributed by atoms with E-state index in [0.29, 0.717) is 13.2 Å².